The smallest absolute Gasteiger partial charge is 0.191 e. The van der Waals surface area contributed by atoms with Gasteiger partial charge in [0.15, 0.2) is 5.96 Å². The fourth-order valence-corrected chi connectivity index (χ4v) is 3.07. The highest BCUT2D eigenvalue weighted by Crippen LogP contribution is 2.14. The van der Waals surface area contributed by atoms with E-state index in [-0.39, 0.29) is 24.0 Å². The van der Waals surface area contributed by atoms with E-state index < -0.39 is 0 Å². The maximum absolute atomic E-state index is 4.45. The van der Waals surface area contributed by atoms with Gasteiger partial charge in [-0.15, -0.1) is 35.3 Å². The van der Waals surface area contributed by atoms with Crippen molar-refractivity contribution in [3.63, 3.8) is 0 Å². The summed E-state index contributed by atoms with van der Waals surface area (Å²) in [5.41, 5.74) is 2.40. The predicted octanol–water partition coefficient (Wildman–Crippen LogP) is 3.12. The Hall–Kier alpha value is -1.94. The van der Waals surface area contributed by atoms with E-state index >= 15 is 0 Å². The summed E-state index contributed by atoms with van der Waals surface area (Å²) < 4.78 is 1.88. The van der Waals surface area contributed by atoms with Crippen LogP contribution in [0.25, 0.3) is 5.82 Å². The van der Waals surface area contributed by atoms with Gasteiger partial charge >= 0.3 is 0 Å². The van der Waals surface area contributed by atoms with Crippen molar-refractivity contribution < 1.29 is 0 Å². The quantitative estimate of drug-likeness (QED) is 0.343. The fourth-order valence-electron chi connectivity index (χ4n) is 2.22. The molecule has 0 fully saturated rings. The van der Waals surface area contributed by atoms with Crippen LogP contribution in [0.15, 0.2) is 53.5 Å². The Balaban J connectivity index is 0.00000225. The van der Waals surface area contributed by atoms with Crippen molar-refractivity contribution in [3.05, 3.63) is 64.5 Å². The third-order valence-electron chi connectivity index (χ3n) is 3.65. The Morgan fingerprint density at radius 2 is 2.08 bits per heavy atom. The van der Waals surface area contributed by atoms with Crippen molar-refractivity contribution in [1.29, 1.82) is 0 Å². The molecule has 0 aliphatic rings. The van der Waals surface area contributed by atoms with Gasteiger partial charge in [0.2, 0.25) is 0 Å². The number of nitrogens with zero attached hydrogens (tertiary/aromatic N) is 4. The van der Waals surface area contributed by atoms with Crippen molar-refractivity contribution in [2.45, 2.75) is 20.0 Å². The summed E-state index contributed by atoms with van der Waals surface area (Å²) in [6.45, 7) is 3.57. The molecule has 0 bridgehead atoms. The van der Waals surface area contributed by atoms with E-state index in [1.165, 1.54) is 10.4 Å². The van der Waals surface area contributed by atoms with Crippen molar-refractivity contribution >= 4 is 41.3 Å². The molecule has 0 saturated carbocycles. The van der Waals surface area contributed by atoms with Gasteiger partial charge in [0.05, 0.1) is 6.54 Å². The number of imidazole rings is 1. The van der Waals surface area contributed by atoms with Crippen molar-refractivity contribution in [1.82, 2.24) is 25.2 Å². The number of aryl methyl sites for hydroxylation is 1. The Morgan fingerprint density at radius 1 is 1.24 bits per heavy atom. The number of nitrogens with one attached hydrogen (secondary N) is 2. The van der Waals surface area contributed by atoms with Gasteiger partial charge in [0, 0.05) is 37.1 Å². The van der Waals surface area contributed by atoms with E-state index in [2.05, 4.69) is 44.0 Å². The van der Waals surface area contributed by atoms with Crippen LogP contribution in [0.4, 0.5) is 0 Å². The Bertz CT molecular complexity index is 795. The number of pyridine rings is 1. The molecule has 0 spiro atoms. The van der Waals surface area contributed by atoms with Gasteiger partial charge < -0.3 is 10.6 Å². The first-order chi connectivity index (χ1) is 11.8. The largest absolute Gasteiger partial charge is 0.352 e. The van der Waals surface area contributed by atoms with Crippen LogP contribution in [-0.4, -0.2) is 27.5 Å². The molecule has 6 nitrogen and oxygen atoms in total. The standard InChI is InChI=1S/C17H20N6S.HI/c1-13-5-8-24-15(13)11-22-17(18-2)21-10-14-3-4-16(20-9-14)23-7-6-19-12-23;/h3-9,12H,10-11H2,1-2H3,(H2,18,21,22);1H. The predicted molar refractivity (Wildman–Crippen MR) is 113 cm³/mol. The van der Waals surface area contributed by atoms with Crippen LogP contribution >= 0.6 is 35.3 Å². The Kier molecular flexibility index (Phi) is 7.38. The highest BCUT2D eigenvalue weighted by Gasteiger charge is 2.03. The molecular weight excluding hydrogens is 447 g/mol. The molecule has 0 aromatic carbocycles. The van der Waals surface area contributed by atoms with E-state index in [1.807, 2.05) is 29.1 Å². The van der Waals surface area contributed by atoms with Crippen LogP contribution in [-0.2, 0) is 13.1 Å². The molecule has 3 heterocycles. The van der Waals surface area contributed by atoms with Crippen LogP contribution in [0.5, 0.6) is 0 Å². The first-order valence-electron chi connectivity index (χ1n) is 7.67. The van der Waals surface area contributed by atoms with Crippen molar-refractivity contribution in [2.75, 3.05) is 7.05 Å². The third kappa shape index (κ3) is 5.27. The molecule has 2 N–H and O–H groups in total. The second kappa shape index (κ2) is 9.52. The minimum absolute atomic E-state index is 0. The number of aromatic nitrogens is 3. The van der Waals surface area contributed by atoms with Gasteiger partial charge in [0.25, 0.3) is 0 Å². The highest BCUT2D eigenvalue weighted by molar-refractivity contribution is 14.0. The van der Waals surface area contributed by atoms with Gasteiger partial charge in [-0.25, -0.2) is 9.97 Å². The van der Waals surface area contributed by atoms with Crippen LogP contribution in [0.3, 0.4) is 0 Å². The van der Waals surface area contributed by atoms with E-state index in [1.54, 1.807) is 30.9 Å². The molecule has 3 aromatic rings. The molecule has 0 radical (unpaired) electrons. The highest BCUT2D eigenvalue weighted by atomic mass is 127. The second-order valence-corrected chi connectivity index (χ2v) is 6.30. The van der Waals surface area contributed by atoms with Crippen LogP contribution < -0.4 is 10.6 Å². The molecule has 0 unspecified atom stereocenters. The summed E-state index contributed by atoms with van der Waals surface area (Å²) in [5, 5.41) is 8.75. The van der Waals surface area contributed by atoms with Gasteiger partial charge in [-0.1, -0.05) is 6.07 Å². The van der Waals surface area contributed by atoms with Crippen LogP contribution in [0.1, 0.15) is 16.0 Å². The summed E-state index contributed by atoms with van der Waals surface area (Å²) in [5.74, 6) is 1.63. The minimum Gasteiger partial charge on any atom is -0.352 e. The molecule has 25 heavy (non-hydrogen) atoms. The number of halogens is 1. The van der Waals surface area contributed by atoms with E-state index in [4.69, 9.17) is 0 Å². The molecule has 0 atom stereocenters. The first-order valence-corrected chi connectivity index (χ1v) is 8.55. The average molecular weight is 468 g/mol. The van der Waals surface area contributed by atoms with Gasteiger partial charge in [0.1, 0.15) is 12.1 Å². The molecule has 0 saturated heterocycles. The number of hydrogen-bond acceptors (Lipinski definition) is 4. The van der Waals surface area contributed by atoms with E-state index in [9.17, 15) is 0 Å². The van der Waals surface area contributed by atoms with Crippen LogP contribution in [0.2, 0.25) is 0 Å². The Morgan fingerprint density at radius 3 is 2.68 bits per heavy atom. The number of thiophene rings is 1. The number of guanidine groups is 1. The van der Waals surface area contributed by atoms with Crippen molar-refractivity contribution in [2.24, 2.45) is 4.99 Å². The minimum atomic E-state index is 0. The van der Waals surface area contributed by atoms with E-state index in [0.717, 1.165) is 23.9 Å². The van der Waals surface area contributed by atoms with E-state index in [0.29, 0.717) is 6.54 Å². The lowest BCUT2D eigenvalue weighted by molar-refractivity contribution is 0.809. The molecule has 3 rings (SSSR count). The molecule has 0 amide bonds. The number of aliphatic imine (C=N–C) groups is 1. The van der Waals surface area contributed by atoms with Gasteiger partial charge in [-0.05, 0) is 35.6 Å². The zero-order valence-corrected chi connectivity index (χ0v) is 17.3. The lowest BCUT2D eigenvalue weighted by Gasteiger charge is -2.12. The molecule has 132 valence electrons. The maximum Gasteiger partial charge on any atom is 0.191 e. The maximum atomic E-state index is 4.45. The lowest BCUT2D eigenvalue weighted by Crippen LogP contribution is -2.36. The molecule has 0 aliphatic heterocycles. The molecular formula is C17H21IN6S. The molecule has 0 aliphatic carbocycles. The Labute approximate surface area is 168 Å². The monoisotopic (exact) mass is 468 g/mol. The SMILES string of the molecule is CN=C(NCc1ccc(-n2ccnc2)nc1)NCc1sccc1C.I. The van der Waals surface area contributed by atoms with Crippen molar-refractivity contribution in [3.8, 4) is 5.82 Å². The first kappa shape index (κ1) is 19.4. The molecule has 8 heteroatoms. The summed E-state index contributed by atoms with van der Waals surface area (Å²) in [4.78, 5) is 14.1. The zero-order valence-electron chi connectivity index (χ0n) is 14.1. The lowest BCUT2D eigenvalue weighted by atomic mass is 10.3. The third-order valence-corrected chi connectivity index (χ3v) is 4.67. The second-order valence-electron chi connectivity index (χ2n) is 5.30. The average Bonchev–Trinajstić information content (AvgIpc) is 3.28. The summed E-state index contributed by atoms with van der Waals surface area (Å²) in [6.07, 6.45) is 7.21. The normalized spacial score (nSPS) is 11.0. The number of hydrogen-bond donors (Lipinski definition) is 2. The number of rotatable bonds is 5. The van der Waals surface area contributed by atoms with Gasteiger partial charge in [-0.3, -0.25) is 9.56 Å². The van der Waals surface area contributed by atoms with Gasteiger partial charge in [-0.2, -0.15) is 0 Å². The summed E-state index contributed by atoms with van der Waals surface area (Å²) in [7, 11) is 1.77. The summed E-state index contributed by atoms with van der Waals surface area (Å²) >= 11 is 1.75. The zero-order chi connectivity index (χ0) is 16.8. The topological polar surface area (TPSA) is 67.1 Å². The summed E-state index contributed by atoms with van der Waals surface area (Å²) in [6, 6.07) is 6.15. The van der Waals surface area contributed by atoms with Crippen LogP contribution in [0, 0.1) is 6.92 Å². The molecule has 3 aromatic heterocycles. The fraction of sp³-hybridized carbons (Fsp3) is 0.235.